The van der Waals surface area contributed by atoms with Crippen molar-refractivity contribution in [2.24, 2.45) is 35.5 Å². The minimum atomic E-state index is -1.77. The summed E-state index contributed by atoms with van der Waals surface area (Å²) in [6.07, 6.45) is -6.93. The molecule has 1 saturated heterocycles. The van der Waals surface area contributed by atoms with Gasteiger partial charge in [-0.2, -0.15) is 0 Å². The van der Waals surface area contributed by atoms with Crippen LogP contribution in [-0.4, -0.2) is 98.6 Å². The number of rotatable bonds is 5. The van der Waals surface area contributed by atoms with Crippen LogP contribution in [0.25, 0.3) is 0 Å². The molecule has 5 rings (SSSR count). The second kappa shape index (κ2) is 11.0. The SMILES string of the molecule is C[C@H]1[C@H]2[C@H](O)OC=C(C(=O)O[C@H]3[C@H](O)[C@H](O)[C@H](O)O[C@H]3CO)[C@H]2C[C@@H]1OC(=O)C1=CO[C@@H](O)[C@H]2[C@@H]1CC[C@@H]2C. The second-order valence-corrected chi connectivity index (χ2v) is 11.3. The van der Waals surface area contributed by atoms with Crippen LogP contribution in [-0.2, 0) is 33.3 Å². The third-order valence-corrected chi connectivity index (χ3v) is 9.14. The molecule has 218 valence electrons. The zero-order chi connectivity index (χ0) is 28.2. The van der Waals surface area contributed by atoms with Crippen molar-refractivity contribution in [1.29, 1.82) is 0 Å². The number of hydrogen-bond donors (Lipinski definition) is 6. The van der Waals surface area contributed by atoms with Gasteiger partial charge in [0.2, 0.25) is 0 Å². The summed E-state index contributed by atoms with van der Waals surface area (Å²) in [5, 5.41) is 60.3. The lowest BCUT2D eigenvalue weighted by Crippen LogP contribution is -2.60. The average Bonchev–Trinajstić information content (AvgIpc) is 3.45. The maximum absolute atomic E-state index is 13.2. The quantitative estimate of drug-likeness (QED) is 0.217. The van der Waals surface area contributed by atoms with Crippen molar-refractivity contribution in [2.45, 2.75) is 82.5 Å². The number of carbonyl (C=O) groups is 2. The Kier molecular flexibility index (Phi) is 7.94. The van der Waals surface area contributed by atoms with E-state index in [-0.39, 0.29) is 29.7 Å². The zero-order valence-corrected chi connectivity index (χ0v) is 21.6. The minimum absolute atomic E-state index is 0.0215. The highest BCUT2D eigenvalue weighted by Crippen LogP contribution is 2.49. The highest BCUT2D eigenvalue weighted by molar-refractivity contribution is 5.90. The van der Waals surface area contributed by atoms with E-state index in [1.165, 1.54) is 6.26 Å². The van der Waals surface area contributed by atoms with Crippen LogP contribution in [0.4, 0.5) is 0 Å². The molecule has 14 atom stereocenters. The molecule has 0 aromatic heterocycles. The fourth-order valence-corrected chi connectivity index (χ4v) is 6.90. The molecular formula is C26H36O13. The minimum Gasteiger partial charge on any atom is -0.472 e. The summed E-state index contributed by atoms with van der Waals surface area (Å²) in [5.41, 5.74) is 0.374. The van der Waals surface area contributed by atoms with Gasteiger partial charge in [-0.1, -0.05) is 13.8 Å². The van der Waals surface area contributed by atoms with E-state index in [9.17, 15) is 40.2 Å². The van der Waals surface area contributed by atoms with Crippen LogP contribution in [0.5, 0.6) is 0 Å². The van der Waals surface area contributed by atoms with Gasteiger partial charge < -0.3 is 54.3 Å². The molecule has 0 spiro atoms. The summed E-state index contributed by atoms with van der Waals surface area (Å²) in [4.78, 5) is 26.4. The van der Waals surface area contributed by atoms with Crippen molar-refractivity contribution < 1.29 is 63.9 Å². The first-order valence-corrected chi connectivity index (χ1v) is 13.3. The highest BCUT2D eigenvalue weighted by atomic mass is 16.7. The smallest absolute Gasteiger partial charge is 0.337 e. The largest absolute Gasteiger partial charge is 0.472 e. The fraction of sp³-hybridized carbons (Fsp3) is 0.769. The van der Waals surface area contributed by atoms with Crippen LogP contribution < -0.4 is 0 Å². The molecule has 0 aromatic rings. The molecule has 13 heteroatoms. The van der Waals surface area contributed by atoms with Crippen molar-refractivity contribution >= 4 is 11.9 Å². The van der Waals surface area contributed by atoms with Gasteiger partial charge in [0.25, 0.3) is 0 Å². The Balaban J connectivity index is 1.29. The molecule has 39 heavy (non-hydrogen) atoms. The van der Waals surface area contributed by atoms with Crippen LogP contribution in [0.3, 0.4) is 0 Å². The Morgan fingerprint density at radius 3 is 2.13 bits per heavy atom. The van der Waals surface area contributed by atoms with Gasteiger partial charge in [-0.25, -0.2) is 9.59 Å². The topological polar surface area (TPSA) is 202 Å². The van der Waals surface area contributed by atoms with E-state index in [0.29, 0.717) is 5.57 Å². The molecule has 2 saturated carbocycles. The normalized spacial score (nSPS) is 47.1. The number of esters is 2. The second-order valence-electron chi connectivity index (χ2n) is 11.3. The van der Waals surface area contributed by atoms with Gasteiger partial charge >= 0.3 is 11.9 Å². The third-order valence-electron chi connectivity index (χ3n) is 9.14. The summed E-state index contributed by atoms with van der Waals surface area (Å²) in [7, 11) is 0. The summed E-state index contributed by atoms with van der Waals surface area (Å²) in [6.45, 7) is 3.08. The molecule has 5 aliphatic rings. The average molecular weight is 557 g/mol. The molecule has 13 nitrogen and oxygen atoms in total. The predicted molar refractivity (Wildman–Crippen MR) is 126 cm³/mol. The van der Waals surface area contributed by atoms with Crippen molar-refractivity contribution in [3.63, 3.8) is 0 Å². The lowest BCUT2D eigenvalue weighted by Gasteiger charge is -2.40. The number of fused-ring (bicyclic) bond motifs is 2. The summed E-state index contributed by atoms with van der Waals surface area (Å²) < 4.78 is 27.0. The highest BCUT2D eigenvalue weighted by Gasteiger charge is 2.54. The molecule has 0 unspecified atom stereocenters. The Morgan fingerprint density at radius 2 is 1.46 bits per heavy atom. The number of ether oxygens (including phenoxy) is 5. The Hall–Kier alpha value is -2.26. The summed E-state index contributed by atoms with van der Waals surface area (Å²) in [6, 6.07) is 0. The van der Waals surface area contributed by atoms with E-state index < -0.39 is 85.7 Å². The number of carbonyl (C=O) groups excluding carboxylic acids is 2. The molecule has 3 heterocycles. The van der Waals surface area contributed by atoms with E-state index in [1.807, 2.05) is 6.92 Å². The van der Waals surface area contributed by atoms with Crippen molar-refractivity contribution in [2.75, 3.05) is 6.61 Å². The van der Waals surface area contributed by atoms with Crippen LogP contribution >= 0.6 is 0 Å². The predicted octanol–water partition coefficient (Wildman–Crippen LogP) is -1.36. The maximum Gasteiger partial charge on any atom is 0.337 e. The molecule has 6 N–H and O–H groups in total. The van der Waals surface area contributed by atoms with E-state index in [2.05, 4.69) is 0 Å². The van der Waals surface area contributed by atoms with Crippen molar-refractivity contribution in [3.05, 3.63) is 23.7 Å². The monoisotopic (exact) mass is 556 g/mol. The maximum atomic E-state index is 13.2. The number of aliphatic hydroxyl groups excluding tert-OH is 6. The first-order valence-electron chi connectivity index (χ1n) is 13.3. The molecule has 0 bridgehead atoms. The van der Waals surface area contributed by atoms with E-state index in [4.69, 9.17) is 23.7 Å². The van der Waals surface area contributed by atoms with Gasteiger partial charge in [0.05, 0.1) is 30.3 Å². The van der Waals surface area contributed by atoms with Crippen LogP contribution in [0, 0.1) is 35.5 Å². The fourth-order valence-electron chi connectivity index (χ4n) is 6.90. The molecule has 0 aromatic carbocycles. The zero-order valence-electron chi connectivity index (χ0n) is 21.6. The molecular weight excluding hydrogens is 520 g/mol. The first kappa shape index (κ1) is 28.3. The Labute approximate surface area is 224 Å². The first-order chi connectivity index (χ1) is 18.5. The number of aliphatic hydroxyl groups is 6. The van der Waals surface area contributed by atoms with Gasteiger partial charge in [-0.3, -0.25) is 0 Å². The molecule has 0 amide bonds. The lowest BCUT2D eigenvalue weighted by molar-refractivity contribution is -0.289. The van der Waals surface area contributed by atoms with Crippen LogP contribution in [0.1, 0.15) is 33.1 Å². The third kappa shape index (κ3) is 4.94. The van der Waals surface area contributed by atoms with Gasteiger partial charge in [0.15, 0.2) is 25.0 Å². The van der Waals surface area contributed by atoms with Gasteiger partial charge in [-0.05, 0) is 25.2 Å². The summed E-state index contributed by atoms with van der Waals surface area (Å²) >= 11 is 0. The lowest BCUT2D eigenvalue weighted by atomic mass is 9.83. The standard InChI is InChI=1S/C26H36O13/c1-9-3-4-11-13(7-35-24(32)17(9)11)22(30)37-15-5-12-14(8-36-25(33)18(12)10(15)2)23(31)39-21-16(6-27)38-26(34)20(29)19(21)28/h7-12,15-21,24-29,32-34H,3-6H2,1-2H3/t9-,10+,11+,12+,15-,16-,17+,18+,19+,20-,21+,24+,25+,26+/m0/s1. The van der Waals surface area contributed by atoms with Gasteiger partial charge in [0, 0.05) is 29.6 Å². The molecule has 0 radical (unpaired) electrons. The summed E-state index contributed by atoms with van der Waals surface area (Å²) in [5.74, 6) is -3.39. The Morgan fingerprint density at radius 1 is 0.846 bits per heavy atom. The van der Waals surface area contributed by atoms with Crippen molar-refractivity contribution in [1.82, 2.24) is 0 Å². The molecule has 3 fully saturated rings. The molecule has 2 aliphatic carbocycles. The van der Waals surface area contributed by atoms with E-state index in [1.54, 1.807) is 6.92 Å². The van der Waals surface area contributed by atoms with Crippen LogP contribution in [0.2, 0.25) is 0 Å². The van der Waals surface area contributed by atoms with Crippen molar-refractivity contribution in [3.8, 4) is 0 Å². The van der Waals surface area contributed by atoms with Gasteiger partial charge in [0.1, 0.15) is 24.4 Å². The van der Waals surface area contributed by atoms with E-state index in [0.717, 1.165) is 19.1 Å². The van der Waals surface area contributed by atoms with E-state index >= 15 is 0 Å². The van der Waals surface area contributed by atoms with Crippen LogP contribution in [0.15, 0.2) is 23.7 Å². The number of hydrogen-bond acceptors (Lipinski definition) is 13. The molecule has 3 aliphatic heterocycles. The Bertz CT molecular complexity index is 1010. The van der Waals surface area contributed by atoms with Gasteiger partial charge in [-0.15, -0.1) is 0 Å².